The van der Waals surface area contributed by atoms with E-state index in [0.29, 0.717) is 6.42 Å². The van der Waals surface area contributed by atoms with Gasteiger partial charge in [-0.05, 0) is 37.8 Å². The number of benzene rings is 1. The van der Waals surface area contributed by atoms with Crippen molar-refractivity contribution in [2.45, 2.75) is 39.2 Å². The molecule has 0 spiro atoms. The van der Waals surface area contributed by atoms with Crippen LogP contribution in [0.3, 0.4) is 0 Å². The number of nitrogens with one attached hydrogen (secondary N) is 1. The lowest BCUT2D eigenvalue weighted by atomic mass is 10.1. The molecule has 5 rings (SSSR count). The monoisotopic (exact) mass is 393 g/mol. The molecule has 6 nitrogen and oxygen atoms in total. The lowest BCUT2D eigenvalue weighted by molar-refractivity contribution is 0.120. The van der Waals surface area contributed by atoms with Crippen molar-refractivity contribution in [2.75, 3.05) is 18.5 Å². The van der Waals surface area contributed by atoms with Gasteiger partial charge < -0.3 is 10.1 Å². The summed E-state index contributed by atoms with van der Waals surface area (Å²) in [5, 5.41) is 9.37. The Kier molecular flexibility index (Phi) is 4.49. The zero-order chi connectivity index (χ0) is 19.1. The normalized spacial score (nSPS) is 17.0. The number of rotatable bonds is 5. The van der Waals surface area contributed by atoms with E-state index in [1.54, 1.807) is 11.3 Å². The lowest BCUT2D eigenvalue weighted by Gasteiger charge is -2.12. The minimum absolute atomic E-state index is 0.242. The molecular formula is C21H23N5OS. The van der Waals surface area contributed by atoms with Gasteiger partial charge in [0, 0.05) is 24.4 Å². The Bertz CT molecular complexity index is 1130. The molecule has 0 amide bonds. The summed E-state index contributed by atoms with van der Waals surface area (Å²) in [6.07, 6.45) is 3.16. The highest BCUT2D eigenvalue weighted by atomic mass is 32.1. The second-order valence-electron chi connectivity index (χ2n) is 7.34. The van der Waals surface area contributed by atoms with E-state index >= 15 is 0 Å². The van der Waals surface area contributed by atoms with Gasteiger partial charge in [0.1, 0.15) is 4.83 Å². The molecular weight excluding hydrogens is 370 g/mol. The maximum atomic E-state index is 5.75. The number of anilines is 1. The highest BCUT2D eigenvalue weighted by Crippen LogP contribution is 2.33. The molecule has 1 N–H and O–H groups in total. The minimum Gasteiger partial charge on any atom is -0.376 e. The molecule has 1 atom stereocenters. The number of hydrogen-bond acceptors (Lipinski definition) is 6. The lowest BCUT2D eigenvalue weighted by Crippen LogP contribution is -2.20. The smallest absolute Gasteiger partial charge is 0.227 e. The molecule has 1 saturated heterocycles. The second kappa shape index (κ2) is 7.14. The largest absolute Gasteiger partial charge is 0.376 e. The van der Waals surface area contributed by atoms with Crippen LogP contribution in [0.2, 0.25) is 0 Å². The van der Waals surface area contributed by atoms with Gasteiger partial charge in [-0.3, -0.25) is 0 Å². The van der Waals surface area contributed by atoms with Crippen molar-refractivity contribution in [3.63, 3.8) is 0 Å². The van der Waals surface area contributed by atoms with E-state index in [1.165, 1.54) is 16.0 Å². The fourth-order valence-corrected chi connectivity index (χ4v) is 4.76. The van der Waals surface area contributed by atoms with Crippen molar-refractivity contribution in [3.05, 3.63) is 52.2 Å². The van der Waals surface area contributed by atoms with Crippen LogP contribution in [0.15, 0.2) is 30.3 Å². The van der Waals surface area contributed by atoms with E-state index in [1.807, 2.05) is 22.7 Å². The third-order valence-electron chi connectivity index (χ3n) is 5.37. The summed E-state index contributed by atoms with van der Waals surface area (Å²) < 4.78 is 7.62. The van der Waals surface area contributed by atoms with E-state index in [-0.39, 0.29) is 6.10 Å². The van der Waals surface area contributed by atoms with E-state index in [0.717, 1.165) is 53.6 Å². The molecule has 1 aliphatic heterocycles. The Labute approximate surface area is 167 Å². The summed E-state index contributed by atoms with van der Waals surface area (Å²) in [7, 11) is 0. The standard InChI is InChI=1S/C21H23N5OS/c1-13-14(2)28-20-18(13)19-23-17(11-15-7-4-3-5-8-15)25-26(19)21(24-20)22-12-16-9-6-10-27-16/h3-5,7-8,16H,6,9-12H2,1-2H3,(H,22,24). The van der Waals surface area contributed by atoms with Crippen LogP contribution in [-0.2, 0) is 11.2 Å². The van der Waals surface area contributed by atoms with Crippen molar-refractivity contribution < 1.29 is 4.74 Å². The summed E-state index contributed by atoms with van der Waals surface area (Å²) in [5.41, 5.74) is 3.32. The Morgan fingerprint density at radius 3 is 2.86 bits per heavy atom. The second-order valence-corrected chi connectivity index (χ2v) is 8.54. The van der Waals surface area contributed by atoms with Crippen LogP contribution < -0.4 is 5.32 Å². The minimum atomic E-state index is 0.242. The molecule has 0 aliphatic carbocycles. The number of fused-ring (bicyclic) bond motifs is 3. The average molecular weight is 394 g/mol. The quantitative estimate of drug-likeness (QED) is 0.552. The molecule has 0 saturated carbocycles. The fraction of sp³-hybridized carbons (Fsp3) is 0.381. The molecule has 1 unspecified atom stereocenters. The van der Waals surface area contributed by atoms with Gasteiger partial charge in [-0.2, -0.15) is 4.52 Å². The Balaban J connectivity index is 1.58. The molecule has 1 fully saturated rings. The van der Waals surface area contributed by atoms with Crippen LogP contribution in [0.4, 0.5) is 5.95 Å². The Hall–Kier alpha value is -2.51. The predicted octanol–water partition coefficient (Wildman–Crippen LogP) is 4.14. The molecule has 28 heavy (non-hydrogen) atoms. The van der Waals surface area contributed by atoms with Crippen LogP contribution >= 0.6 is 11.3 Å². The zero-order valence-corrected chi connectivity index (χ0v) is 16.9. The van der Waals surface area contributed by atoms with Crippen LogP contribution in [-0.4, -0.2) is 38.8 Å². The van der Waals surface area contributed by atoms with Crippen molar-refractivity contribution in [1.29, 1.82) is 0 Å². The molecule has 4 aromatic rings. The average Bonchev–Trinajstić information content (AvgIpc) is 3.41. The summed E-state index contributed by atoms with van der Waals surface area (Å²) in [4.78, 5) is 12.1. The summed E-state index contributed by atoms with van der Waals surface area (Å²) in [6, 6.07) is 10.3. The number of hydrogen-bond donors (Lipinski definition) is 1. The molecule has 3 aromatic heterocycles. The number of thiophene rings is 1. The van der Waals surface area contributed by atoms with Gasteiger partial charge in [0.05, 0.1) is 11.5 Å². The maximum Gasteiger partial charge on any atom is 0.227 e. The Morgan fingerprint density at radius 2 is 2.07 bits per heavy atom. The fourth-order valence-electron chi connectivity index (χ4n) is 3.74. The summed E-state index contributed by atoms with van der Waals surface area (Å²) in [6.45, 7) is 5.87. The topological polar surface area (TPSA) is 64.3 Å². The van der Waals surface area contributed by atoms with Crippen LogP contribution in [0, 0.1) is 13.8 Å². The number of nitrogens with zero attached hydrogens (tertiary/aromatic N) is 4. The predicted molar refractivity (Wildman–Crippen MR) is 112 cm³/mol. The van der Waals surface area contributed by atoms with Gasteiger partial charge in [-0.15, -0.1) is 16.4 Å². The van der Waals surface area contributed by atoms with Crippen LogP contribution in [0.1, 0.15) is 34.7 Å². The van der Waals surface area contributed by atoms with Gasteiger partial charge in [0.2, 0.25) is 5.95 Å². The van der Waals surface area contributed by atoms with E-state index < -0.39 is 0 Å². The van der Waals surface area contributed by atoms with Crippen molar-refractivity contribution in [3.8, 4) is 0 Å². The first-order valence-electron chi connectivity index (χ1n) is 9.74. The molecule has 1 aliphatic rings. The first kappa shape index (κ1) is 17.6. The SMILES string of the molecule is Cc1sc2nc(NCC3CCCO3)n3nc(Cc4ccccc4)nc3c2c1C. The summed E-state index contributed by atoms with van der Waals surface area (Å²) >= 11 is 1.72. The van der Waals surface area contributed by atoms with Crippen molar-refractivity contribution in [1.82, 2.24) is 19.6 Å². The van der Waals surface area contributed by atoms with Gasteiger partial charge in [0.15, 0.2) is 11.5 Å². The van der Waals surface area contributed by atoms with Gasteiger partial charge in [-0.25, -0.2) is 9.97 Å². The molecule has 1 aromatic carbocycles. The van der Waals surface area contributed by atoms with Crippen molar-refractivity contribution >= 4 is 33.1 Å². The van der Waals surface area contributed by atoms with E-state index in [9.17, 15) is 0 Å². The van der Waals surface area contributed by atoms with Crippen LogP contribution in [0.5, 0.6) is 0 Å². The zero-order valence-electron chi connectivity index (χ0n) is 16.1. The highest BCUT2D eigenvalue weighted by molar-refractivity contribution is 7.18. The molecule has 144 valence electrons. The van der Waals surface area contributed by atoms with Gasteiger partial charge >= 0.3 is 0 Å². The van der Waals surface area contributed by atoms with Gasteiger partial charge in [0.25, 0.3) is 0 Å². The number of aromatic nitrogens is 4. The number of ether oxygens (including phenoxy) is 1. The first-order valence-corrected chi connectivity index (χ1v) is 10.6. The first-order chi connectivity index (χ1) is 13.7. The van der Waals surface area contributed by atoms with Crippen molar-refractivity contribution in [2.24, 2.45) is 0 Å². The third kappa shape index (κ3) is 3.14. The summed E-state index contributed by atoms with van der Waals surface area (Å²) in [5.74, 6) is 1.55. The van der Waals surface area contributed by atoms with E-state index in [2.05, 4.69) is 31.3 Å². The van der Waals surface area contributed by atoms with E-state index in [4.69, 9.17) is 19.8 Å². The molecule has 4 heterocycles. The third-order valence-corrected chi connectivity index (χ3v) is 6.47. The highest BCUT2D eigenvalue weighted by Gasteiger charge is 2.20. The molecule has 7 heteroatoms. The molecule has 0 radical (unpaired) electrons. The number of aryl methyl sites for hydroxylation is 2. The maximum absolute atomic E-state index is 5.75. The van der Waals surface area contributed by atoms with Crippen LogP contribution in [0.25, 0.3) is 15.9 Å². The molecule has 0 bridgehead atoms. The Morgan fingerprint density at radius 1 is 1.21 bits per heavy atom. The van der Waals surface area contributed by atoms with Gasteiger partial charge in [-0.1, -0.05) is 30.3 Å².